The number of carbonyl (C=O) groups excluding carboxylic acids is 1. The largest absolute Gasteiger partial charge is 0.299 e. The molecular weight excluding hydrogens is 270 g/mol. The molecule has 0 fully saturated rings. The zero-order chi connectivity index (χ0) is 13.8. The molecule has 0 saturated carbocycles. The van der Waals surface area contributed by atoms with Gasteiger partial charge in [-0.25, -0.2) is 8.78 Å². The third-order valence-electron chi connectivity index (χ3n) is 2.76. The van der Waals surface area contributed by atoms with Crippen molar-refractivity contribution in [2.45, 2.75) is 12.8 Å². The molecule has 0 aliphatic heterocycles. The van der Waals surface area contributed by atoms with E-state index in [1.807, 2.05) is 0 Å². The normalized spacial score (nSPS) is 10.5. The van der Waals surface area contributed by atoms with Crippen molar-refractivity contribution in [2.75, 3.05) is 0 Å². The lowest BCUT2D eigenvalue weighted by Crippen LogP contribution is -2.08. The lowest BCUT2D eigenvalue weighted by Gasteiger charge is -2.05. The van der Waals surface area contributed by atoms with Gasteiger partial charge in [-0.3, -0.25) is 4.79 Å². The molecule has 0 atom stereocenters. The van der Waals surface area contributed by atoms with Crippen molar-refractivity contribution < 1.29 is 13.6 Å². The topological polar surface area (TPSA) is 17.1 Å². The maximum Gasteiger partial charge on any atom is 0.142 e. The van der Waals surface area contributed by atoms with Crippen molar-refractivity contribution in [2.24, 2.45) is 0 Å². The van der Waals surface area contributed by atoms with Crippen LogP contribution in [0.1, 0.15) is 11.1 Å². The molecule has 4 heteroatoms. The van der Waals surface area contributed by atoms with Crippen molar-refractivity contribution in [3.63, 3.8) is 0 Å². The van der Waals surface area contributed by atoms with E-state index in [0.29, 0.717) is 11.1 Å². The predicted molar refractivity (Wildman–Crippen MR) is 70.2 cm³/mol. The third-order valence-corrected chi connectivity index (χ3v) is 3.19. The Labute approximate surface area is 114 Å². The van der Waals surface area contributed by atoms with Gasteiger partial charge in [0.05, 0.1) is 5.02 Å². The van der Waals surface area contributed by atoms with Crippen LogP contribution in [0.3, 0.4) is 0 Å². The Morgan fingerprint density at radius 3 is 2.21 bits per heavy atom. The minimum Gasteiger partial charge on any atom is -0.299 e. The smallest absolute Gasteiger partial charge is 0.142 e. The van der Waals surface area contributed by atoms with Crippen LogP contribution in [0.15, 0.2) is 42.5 Å². The highest BCUT2D eigenvalue weighted by Gasteiger charge is 2.12. The molecule has 0 aliphatic carbocycles. The van der Waals surface area contributed by atoms with Gasteiger partial charge in [-0.1, -0.05) is 41.9 Å². The molecule has 0 radical (unpaired) electrons. The van der Waals surface area contributed by atoms with E-state index >= 15 is 0 Å². The Balaban J connectivity index is 2.10. The number of rotatable bonds is 4. The lowest BCUT2D eigenvalue weighted by atomic mass is 10.0. The number of ketones is 1. The minimum atomic E-state index is -0.558. The molecule has 0 bridgehead atoms. The fourth-order valence-electron chi connectivity index (χ4n) is 1.81. The SMILES string of the molecule is O=C(Cc1ccccc1F)Cc1cccc(F)c1Cl. The third kappa shape index (κ3) is 3.38. The molecule has 2 rings (SSSR count). The first-order chi connectivity index (χ1) is 9.08. The lowest BCUT2D eigenvalue weighted by molar-refractivity contribution is -0.117. The number of carbonyl (C=O) groups is 1. The summed E-state index contributed by atoms with van der Waals surface area (Å²) in [5.41, 5.74) is 0.753. The second-order valence-electron chi connectivity index (χ2n) is 4.20. The van der Waals surface area contributed by atoms with Crippen LogP contribution in [0.5, 0.6) is 0 Å². The monoisotopic (exact) mass is 280 g/mol. The first-order valence-corrected chi connectivity index (χ1v) is 6.13. The number of hydrogen-bond donors (Lipinski definition) is 0. The van der Waals surface area contributed by atoms with E-state index in [9.17, 15) is 13.6 Å². The molecule has 0 aliphatic rings. The van der Waals surface area contributed by atoms with Gasteiger partial charge in [0.25, 0.3) is 0 Å². The van der Waals surface area contributed by atoms with Gasteiger partial charge in [0.1, 0.15) is 17.4 Å². The van der Waals surface area contributed by atoms with Crippen molar-refractivity contribution in [1.82, 2.24) is 0 Å². The molecule has 2 aromatic carbocycles. The Hall–Kier alpha value is -1.74. The average molecular weight is 281 g/mol. The predicted octanol–water partition coefficient (Wildman–Crippen LogP) is 3.97. The van der Waals surface area contributed by atoms with E-state index in [-0.39, 0.29) is 23.6 Å². The Bertz CT molecular complexity index is 611. The molecule has 0 heterocycles. The zero-order valence-corrected chi connectivity index (χ0v) is 10.8. The van der Waals surface area contributed by atoms with Crippen molar-refractivity contribution in [3.8, 4) is 0 Å². The number of halogens is 3. The summed E-state index contributed by atoms with van der Waals surface area (Å²) < 4.78 is 26.6. The molecule has 0 saturated heterocycles. The van der Waals surface area contributed by atoms with Crippen LogP contribution >= 0.6 is 11.6 Å². The van der Waals surface area contributed by atoms with Crippen molar-refractivity contribution in [3.05, 3.63) is 70.2 Å². The maximum atomic E-state index is 13.4. The van der Waals surface area contributed by atoms with Crippen LogP contribution in [0, 0.1) is 11.6 Å². The summed E-state index contributed by atoms with van der Waals surface area (Å²) in [6.45, 7) is 0. The van der Waals surface area contributed by atoms with Gasteiger partial charge in [-0.15, -0.1) is 0 Å². The maximum absolute atomic E-state index is 13.4. The quantitative estimate of drug-likeness (QED) is 0.828. The summed E-state index contributed by atoms with van der Waals surface area (Å²) in [7, 11) is 0. The van der Waals surface area contributed by atoms with E-state index in [0.717, 1.165) is 0 Å². The van der Waals surface area contributed by atoms with E-state index < -0.39 is 11.6 Å². The highest BCUT2D eigenvalue weighted by Crippen LogP contribution is 2.20. The first-order valence-electron chi connectivity index (χ1n) is 5.76. The van der Waals surface area contributed by atoms with Gasteiger partial charge in [-0.2, -0.15) is 0 Å². The summed E-state index contributed by atoms with van der Waals surface area (Å²) in [4.78, 5) is 11.8. The number of benzene rings is 2. The fourth-order valence-corrected chi connectivity index (χ4v) is 2.01. The van der Waals surface area contributed by atoms with Crippen LogP contribution in [0.4, 0.5) is 8.78 Å². The highest BCUT2D eigenvalue weighted by molar-refractivity contribution is 6.31. The molecular formula is C15H11ClF2O. The van der Waals surface area contributed by atoms with Gasteiger partial charge in [-0.05, 0) is 23.3 Å². The number of hydrogen-bond acceptors (Lipinski definition) is 1. The standard InChI is InChI=1S/C15H11ClF2O/c16-15-11(5-3-7-14(15)18)9-12(19)8-10-4-1-2-6-13(10)17/h1-7H,8-9H2. The Morgan fingerprint density at radius 1 is 0.895 bits per heavy atom. The first kappa shape index (κ1) is 13.7. The second-order valence-corrected chi connectivity index (χ2v) is 4.57. The highest BCUT2D eigenvalue weighted by atomic mass is 35.5. The van der Waals surface area contributed by atoms with E-state index in [2.05, 4.69) is 0 Å². The summed E-state index contributed by atoms with van der Waals surface area (Å²) in [5.74, 6) is -1.18. The molecule has 0 N–H and O–H groups in total. The van der Waals surface area contributed by atoms with Crippen LogP contribution < -0.4 is 0 Å². The van der Waals surface area contributed by atoms with Crippen molar-refractivity contribution >= 4 is 17.4 Å². The van der Waals surface area contributed by atoms with Crippen LogP contribution in [-0.4, -0.2) is 5.78 Å². The van der Waals surface area contributed by atoms with Crippen LogP contribution in [-0.2, 0) is 17.6 Å². The van der Waals surface area contributed by atoms with E-state index in [1.165, 1.54) is 18.2 Å². The molecule has 0 aromatic heterocycles. The average Bonchev–Trinajstić information content (AvgIpc) is 2.38. The van der Waals surface area contributed by atoms with Gasteiger partial charge >= 0.3 is 0 Å². The minimum absolute atomic E-state index is 0.00900. The van der Waals surface area contributed by atoms with E-state index in [4.69, 9.17) is 11.6 Å². The molecule has 0 amide bonds. The van der Waals surface area contributed by atoms with Crippen molar-refractivity contribution in [1.29, 1.82) is 0 Å². The fraction of sp³-hybridized carbons (Fsp3) is 0.133. The van der Waals surface area contributed by atoms with Gasteiger partial charge < -0.3 is 0 Å². The summed E-state index contributed by atoms with van der Waals surface area (Å²) >= 11 is 5.77. The molecule has 0 unspecified atom stereocenters. The van der Waals surface area contributed by atoms with Crippen LogP contribution in [0.25, 0.3) is 0 Å². The molecule has 0 spiro atoms. The Kier molecular flexibility index (Phi) is 4.27. The van der Waals surface area contributed by atoms with Gasteiger partial charge in [0.15, 0.2) is 0 Å². The van der Waals surface area contributed by atoms with E-state index in [1.54, 1.807) is 24.3 Å². The van der Waals surface area contributed by atoms with Gasteiger partial charge in [0.2, 0.25) is 0 Å². The molecule has 1 nitrogen and oxygen atoms in total. The number of Topliss-reactive ketones (excluding diaryl/α,β-unsaturated/α-hetero) is 1. The summed E-state index contributed by atoms with van der Waals surface area (Å²) in [6.07, 6.45) is -0.0373. The molecule has 98 valence electrons. The zero-order valence-electron chi connectivity index (χ0n) is 10.00. The summed E-state index contributed by atoms with van der Waals surface area (Å²) in [5, 5.41) is -0.0515. The van der Waals surface area contributed by atoms with Crippen LogP contribution in [0.2, 0.25) is 5.02 Å². The molecule has 19 heavy (non-hydrogen) atoms. The molecule has 2 aromatic rings. The second kappa shape index (κ2) is 5.93. The van der Waals surface area contributed by atoms with Gasteiger partial charge in [0, 0.05) is 12.8 Å². The Morgan fingerprint density at radius 2 is 1.47 bits per heavy atom. The summed E-state index contributed by atoms with van der Waals surface area (Å²) in [6, 6.07) is 10.4.